The van der Waals surface area contributed by atoms with Crippen molar-refractivity contribution >= 4 is 65.9 Å². The topological polar surface area (TPSA) is 238 Å². The summed E-state index contributed by atoms with van der Waals surface area (Å²) in [4.78, 5) is 55.9. The molecule has 0 amide bonds. The van der Waals surface area contributed by atoms with Crippen molar-refractivity contribution in [3.63, 3.8) is 0 Å². The molecule has 5 atom stereocenters. The fraction of sp³-hybridized carbons (Fsp3) is 0.452. The number of hydrogen-bond acceptors (Lipinski definition) is 16. The van der Waals surface area contributed by atoms with E-state index in [0.29, 0.717) is 77.0 Å². The number of alkyl halides is 4. The molecule has 6 aromatic carbocycles. The number of carbonyl (C=O) groups is 4. The van der Waals surface area contributed by atoms with Gasteiger partial charge in [-0.1, -0.05) is 106 Å². The highest BCUT2D eigenvalue weighted by atomic mass is 32.2. The molecule has 8 aliphatic carbocycles. The number of halogens is 4. The third-order valence-corrected chi connectivity index (χ3v) is 26.3. The van der Waals surface area contributed by atoms with E-state index in [2.05, 4.69) is 119 Å². The number of hydrogen-bond donors (Lipinski definition) is 0. The van der Waals surface area contributed by atoms with Crippen LogP contribution in [0.1, 0.15) is 125 Å². The van der Waals surface area contributed by atoms with Gasteiger partial charge in [0.25, 0.3) is 0 Å². The van der Waals surface area contributed by atoms with Crippen LogP contribution < -0.4 is 9.47 Å². The fourth-order valence-corrected chi connectivity index (χ4v) is 21.0. The maximum atomic E-state index is 13.5. The number of carbonyl (C=O) groups excluding carboxylic acids is 4. The van der Waals surface area contributed by atoms with E-state index < -0.39 is 83.3 Å². The minimum Gasteiger partial charge on any atom is -0.743 e. The lowest BCUT2D eigenvalue weighted by molar-refractivity contribution is -0.218. The summed E-state index contributed by atoms with van der Waals surface area (Å²) in [5.74, 6) is -0.755. The molecule has 0 saturated heterocycles. The van der Waals surface area contributed by atoms with Crippen molar-refractivity contribution in [3.05, 3.63) is 158 Å². The van der Waals surface area contributed by atoms with Gasteiger partial charge in [0.15, 0.2) is 53.0 Å². The number of para-hydroxylation sites is 4. The van der Waals surface area contributed by atoms with Crippen molar-refractivity contribution in [1.29, 1.82) is 0 Å². The first kappa shape index (κ1) is 71.3. The second kappa shape index (κ2) is 27.6. The first-order valence-electron chi connectivity index (χ1n) is 32.6. The lowest BCUT2D eigenvalue weighted by atomic mass is 9.48. The fourth-order valence-electron chi connectivity index (χ4n) is 16.0. The van der Waals surface area contributed by atoms with Crippen molar-refractivity contribution in [1.82, 2.24) is 0 Å². The molecule has 2 heterocycles. The van der Waals surface area contributed by atoms with Gasteiger partial charge in [0.1, 0.15) is 33.0 Å². The maximum absolute atomic E-state index is 13.5. The van der Waals surface area contributed by atoms with E-state index in [1.54, 1.807) is 20.8 Å². The molecule has 0 aromatic heterocycles. The quantitative estimate of drug-likeness (QED) is 0.0287. The van der Waals surface area contributed by atoms with Crippen LogP contribution in [-0.2, 0) is 80.2 Å². The van der Waals surface area contributed by atoms with Crippen molar-refractivity contribution < 1.29 is 91.1 Å². The van der Waals surface area contributed by atoms with Gasteiger partial charge in [-0.25, -0.2) is 26.4 Å². The average Bonchev–Trinajstić information content (AvgIpc) is 0.733. The van der Waals surface area contributed by atoms with E-state index in [0.717, 1.165) is 35.8 Å². The minimum atomic E-state index is -6.15. The van der Waals surface area contributed by atoms with Crippen LogP contribution in [0.3, 0.4) is 0 Å². The van der Waals surface area contributed by atoms with Gasteiger partial charge in [-0.3, -0.25) is 9.59 Å². The van der Waals surface area contributed by atoms with Gasteiger partial charge in [-0.05, 0) is 200 Å². The Morgan fingerprint density at radius 1 is 0.495 bits per heavy atom. The predicted molar refractivity (Wildman–Crippen MR) is 350 cm³/mol. The average molecular weight is 1420 g/mol. The zero-order valence-electron chi connectivity index (χ0n) is 54.4. The van der Waals surface area contributed by atoms with Crippen LogP contribution in [0.4, 0.5) is 17.6 Å². The van der Waals surface area contributed by atoms with E-state index in [-0.39, 0.29) is 63.3 Å². The summed E-state index contributed by atoms with van der Waals surface area (Å²) in [6.45, 7) is 8.35. The summed E-state index contributed by atoms with van der Waals surface area (Å²) in [6, 6.07) is 54.6. The standard InChI is InChI=1S/C19H28F2O7S.C18H26F2O7S.2C18H13OS/c1-4-16(2,3)14(22)28-18-8-12-5-13(9-18)7-17(6-12,10-18)11-27-15(23)19(20,21)29(24,25)26;1-3-11(2)14(21)27-17-7-12-4-13(8-17)6-16(5-12,9-17)10-26-15(22)18(19,20)28(23,24)25;2*1-2-8-14(9-3-1)20-17-12-6-4-10-15(17)19-16-11-5-7-13-18(16)20/h12-13H,4-11H2,1-3H3,(H,24,25,26);11-13H,3-10H2,1-2H3,(H,23,24,25);2*1-13H/q;;2*+1/p-2. The van der Waals surface area contributed by atoms with Crippen LogP contribution in [0.15, 0.2) is 187 Å². The molecule has 518 valence electrons. The number of esters is 4. The Hall–Kier alpha value is -6.96. The molecule has 16 rings (SSSR count). The predicted octanol–water partition coefficient (Wildman–Crippen LogP) is 15.4. The highest BCUT2D eigenvalue weighted by Crippen LogP contribution is 2.65. The van der Waals surface area contributed by atoms with Gasteiger partial charge in [0.2, 0.25) is 19.6 Å². The Kier molecular flexibility index (Phi) is 20.3. The van der Waals surface area contributed by atoms with Crippen LogP contribution in [0.5, 0.6) is 23.0 Å². The highest BCUT2D eigenvalue weighted by molar-refractivity contribution is 7.97. The molecule has 0 N–H and O–H groups in total. The van der Waals surface area contributed by atoms with Crippen molar-refractivity contribution in [2.45, 2.75) is 176 Å². The lowest BCUT2D eigenvalue weighted by Crippen LogP contribution is -2.59. The third kappa shape index (κ3) is 15.0. The molecule has 6 aromatic rings. The van der Waals surface area contributed by atoms with Gasteiger partial charge in [-0.15, -0.1) is 0 Å². The summed E-state index contributed by atoms with van der Waals surface area (Å²) in [5.41, 5.74) is -3.35. The Morgan fingerprint density at radius 3 is 1.11 bits per heavy atom. The molecule has 8 saturated carbocycles. The van der Waals surface area contributed by atoms with E-state index in [1.807, 2.05) is 62.4 Å². The molecule has 8 fully saturated rings. The summed E-state index contributed by atoms with van der Waals surface area (Å²) >= 11 is 0. The molecule has 8 bridgehead atoms. The summed E-state index contributed by atoms with van der Waals surface area (Å²) < 4.78 is 151. The van der Waals surface area contributed by atoms with Crippen LogP contribution >= 0.6 is 0 Å². The van der Waals surface area contributed by atoms with Crippen molar-refractivity contribution in [2.75, 3.05) is 13.2 Å². The number of fused-ring (bicyclic) bond motifs is 4. The second-order valence-corrected chi connectivity index (χ2v) is 34.7. The normalized spacial score (nSPS) is 25.9. The molecule has 0 spiro atoms. The summed E-state index contributed by atoms with van der Waals surface area (Å²) in [6.07, 6.45) is 9.21. The lowest BCUT2D eigenvalue weighted by Gasteiger charge is -2.61. The van der Waals surface area contributed by atoms with Crippen LogP contribution in [-0.4, -0.2) is 84.7 Å². The smallest absolute Gasteiger partial charge is 0.428 e. The molecule has 2 aliphatic heterocycles. The minimum absolute atomic E-state index is 0.0829. The Morgan fingerprint density at radius 2 is 0.804 bits per heavy atom. The van der Waals surface area contributed by atoms with Gasteiger partial charge >= 0.3 is 34.4 Å². The zero-order chi connectivity index (χ0) is 69.6. The third-order valence-electron chi connectivity index (χ3n) is 20.1. The number of rotatable bonds is 16. The monoisotopic (exact) mass is 1410 g/mol. The number of ether oxygens (including phenoxy) is 6. The molecule has 16 nitrogen and oxygen atoms in total. The van der Waals surface area contributed by atoms with E-state index in [4.69, 9.17) is 18.9 Å². The Labute approximate surface area is 569 Å². The zero-order valence-corrected chi connectivity index (χ0v) is 57.7. The van der Waals surface area contributed by atoms with Crippen LogP contribution in [0.25, 0.3) is 0 Å². The first-order valence-corrected chi connectivity index (χ1v) is 37.9. The van der Waals surface area contributed by atoms with Crippen LogP contribution in [0, 0.1) is 45.8 Å². The van der Waals surface area contributed by atoms with E-state index >= 15 is 0 Å². The van der Waals surface area contributed by atoms with Crippen LogP contribution in [0.2, 0.25) is 0 Å². The Balaban J connectivity index is 0.000000133. The van der Waals surface area contributed by atoms with Gasteiger partial charge in [0.05, 0.1) is 24.5 Å². The van der Waals surface area contributed by atoms with Gasteiger partial charge in [0, 0.05) is 10.8 Å². The summed E-state index contributed by atoms with van der Waals surface area (Å²) in [7, 11) is -12.5. The summed E-state index contributed by atoms with van der Waals surface area (Å²) in [5, 5.41) is -10.2. The second-order valence-electron chi connectivity index (χ2n) is 28.0. The highest BCUT2D eigenvalue weighted by Gasteiger charge is 2.63. The first-order chi connectivity index (χ1) is 45.8. The molecule has 24 heteroatoms. The van der Waals surface area contributed by atoms with E-state index in [1.165, 1.54) is 29.4 Å². The van der Waals surface area contributed by atoms with Gasteiger partial charge in [-0.2, -0.15) is 17.6 Å². The largest absolute Gasteiger partial charge is 0.743 e. The molecular weight excluding hydrogens is 1340 g/mol. The molecule has 0 radical (unpaired) electrons. The Bertz CT molecular complexity index is 3890. The van der Waals surface area contributed by atoms with Crippen molar-refractivity contribution in [2.24, 2.45) is 45.8 Å². The SMILES string of the molecule is CCC(C)(C)C(=O)OC12CC3CC(CC(COC(=O)C(F)(F)S(=O)(=O)[O-])(C3)C1)C2.CCC(C)C(=O)OC12CC3CC(CC(COC(=O)C(F)(F)S(=O)(=O)[O-])(C3)C1)C2.c1ccc([S+]2c3ccccc3Oc3ccccc32)cc1.c1ccc([S+]2c3ccccc3Oc3ccccc32)cc1. The molecule has 5 unspecified atom stereocenters. The van der Waals surface area contributed by atoms with Crippen molar-refractivity contribution in [3.8, 4) is 23.0 Å². The van der Waals surface area contributed by atoms with Gasteiger partial charge < -0.3 is 37.5 Å². The molecule has 97 heavy (non-hydrogen) atoms. The molecule has 10 aliphatic rings. The number of benzene rings is 6. The van der Waals surface area contributed by atoms with E-state index in [9.17, 15) is 62.7 Å². The molecular formula is C73H78F4O16S4. The maximum Gasteiger partial charge on any atom is 0.428 e.